The fourth-order valence-corrected chi connectivity index (χ4v) is 3.48. The smallest absolute Gasteiger partial charge is 0.317 e. The third-order valence-corrected chi connectivity index (χ3v) is 4.82. The molecule has 0 spiro atoms. The minimum absolute atomic E-state index is 0.0419. The maximum atomic E-state index is 13.3. The number of carbonyl (C=O) groups is 2. The van der Waals surface area contributed by atoms with E-state index in [1.54, 1.807) is 18.2 Å². The van der Waals surface area contributed by atoms with E-state index >= 15 is 0 Å². The number of anilines is 1. The van der Waals surface area contributed by atoms with E-state index in [0.717, 1.165) is 24.9 Å². The van der Waals surface area contributed by atoms with Gasteiger partial charge in [-0.2, -0.15) is 0 Å². The van der Waals surface area contributed by atoms with Gasteiger partial charge in [0.15, 0.2) is 0 Å². The Labute approximate surface area is 164 Å². The molecule has 2 aromatic rings. The van der Waals surface area contributed by atoms with Gasteiger partial charge in [-0.15, -0.1) is 0 Å². The van der Waals surface area contributed by atoms with Crippen molar-refractivity contribution in [2.75, 3.05) is 18.4 Å². The number of urea groups is 1. The zero-order valence-corrected chi connectivity index (χ0v) is 16.2. The molecule has 1 heterocycles. The standard InChI is InChI=1S/C22H26FN3O2/c1-15(2)24-22(28)26-11-5-8-18(14-26)16-6-3-7-17(12-16)21(27)25-20-10-4-9-19(23)13-20/h3-4,6-7,9-10,12-13,15,18H,5,8,11,14H2,1-2H3,(H,24,28)(H,25,27). The highest BCUT2D eigenvalue weighted by atomic mass is 19.1. The SMILES string of the molecule is CC(C)NC(=O)N1CCCC(c2cccc(C(=O)Nc3cccc(F)c3)c2)C1. The van der Waals surface area contributed by atoms with Crippen molar-refractivity contribution in [1.82, 2.24) is 10.2 Å². The lowest BCUT2D eigenvalue weighted by atomic mass is 9.89. The minimum Gasteiger partial charge on any atom is -0.336 e. The van der Waals surface area contributed by atoms with E-state index in [0.29, 0.717) is 17.8 Å². The molecule has 0 saturated carbocycles. The van der Waals surface area contributed by atoms with Crippen molar-refractivity contribution in [1.29, 1.82) is 0 Å². The lowest BCUT2D eigenvalue weighted by Gasteiger charge is -2.33. The Hall–Kier alpha value is -2.89. The van der Waals surface area contributed by atoms with Gasteiger partial charge in [0.2, 0.25) is 0 Å². The maximum absolute atomic E-state index is 13.3. The summed E-state index contributed by atoms with van der Waals surface area (Å²) in [7, 11) is 0. The summed E-state index contributed by atoms with van der Waals surface area (Å²) in [5.74, 6) is -0.486. The second-order valence-electron chi connectivity index (χ2n) is 7.48. The quantitative estimate of drug-likeness (QED) is 0.823. The Morgan fingerprint density at radius 1 is 1.14 bits per heavy atom. The van der Waals surface area contributed by atoms with Gasteiger partial charge < -0.3 is 15.5 Å². The van der Waals surface area contributed by atoms with Crippen LogP contribution < -0.4 is 10.6 Å². The molecule has 3 amide bonds. The highest BCUT2D eigenvalue weighted by Crippen LogP contribution is 2.27. The summed E-state index contributed by atoms with van der Waals surface area (Å²) >= 11 is 0. The number of nitrogens with one attached hydrogen (secondary N) is 2. The van der Waals surface area contributed by atoms with Crippen molar-refractivity contribution in [3.63, 3.8) is 0 Å². The molecule has 1 aliphatic rings. The molecule has 28 heavy (non-hydrogen) atoms. The molecule has 148 valence electrons. The van der Waals surface area contributed by atoms with Gasteiger partial charge >= 0.3 is 6.03 Å². The Kier molecular flexibility index (Phi) is 6.29. The average molecular weight is 383 g/mol. The van der Waals surface area contributed by atoms with Gasteiger partial charge in [0.05, 0.1) is 0 Å². The number of halogens is 1. The topological polar surface area (TPSA) is 61.4 Å². The van der Waals surface area contributed by atoms with Gasteiger partial charge in [0.25, 0.3) is 5.91 Å². The molecule has 3 rings (SSSR count). The molecular weight excluding hydrogens is 357 g/mol. The van der Waals surface area contributed by atoms with Crippen LogP contribution in [0, 0.1) is 5.82 Å². The zero-order valence-electron chi connectivity index (χ0n) is 16.2. The summed E-state index contributed by atoms with van der Waals surface area (Å²) in [5.41, 5.74) is 1.98. The Morgan fingerprint density at radius 2 is 1.93 bits per heavy atom. The first kappa shape index (κ1) is 19.9. The molecule has 6 heteroatoms. The summed E-state index contributed by atoms with van der Waals surface area (Å²) in [5, 5.41) is 5.66. The van der Waals surface area contributed by atoms with Crippen LogP contribution in [-0.2, 0) is 0 Å². The van der Waals surface area contributed by atoms with Gasteiger partial charge in [-0.05, 0) is 62.6 Å². The van der Waals surface area contributed by atoms with Crippen molar-refractivity contribution in [2.45, 2.75) is 38.6 Å². The molecule has 1 aliphatic heterocycles. The van der Waals surface area contributed by atoms with Crippen LogP contribution in [0.25, 0.3) is 0 Å². The van der Waals surface area contributed by atoms with Crippen molar-refractivity contribution in [3.8, 4) is 0 Å². The lowest BCUT2D eigenvalue weighted by Crippen LogP contribution is -2.47. The molecular formula is C22H26FN3O2. The van der Waals surface area contributed by atoms with Gasteiger partial charge in [-0.3, -0.25) is 4.79 Å². The number of nitrogens with zero attached hydrogens (tertiary/aromatic N) is 1. The predicted octanol–water partition coefficient (Wildman–Crippen LogP) is 4.38. The molecule has 2 N–H and O–H groups in total. The van der Waals surface area contributed by atoms with Crippen LogP contribution in [0.3, 0.4) is 0 Å². The normalized spacial score (nSPS) is 16.7. The third kappa shape index (κ3) is 5.09. The second-order valence-corrected chi connectivity index (χ2v) is 7.48. The number of benzene rings is 2. The summed E-state index contributed by atoms with van der Waals surface area (Å²) in [6, 6.07) is 13.3. The van der Waals surface area contributed by atoms with E-state index < -0.39 is 5.82 Å². The van der Waals surface area contributed by atoms with Crippen molar-refractivity contribution < 1.29 is 14.0 Å². The van der Waals surface area contributed by atoms with Crippen LogP contribution in [0.2, 0.25) is 0 Å². The number of piperidine rings is 1. The molecule has 1 atom stereocenters. The summed E-state index contributed by atoms with van der Waals surface area (Å²) in [6.45, 7) is 5.27. The fourth-order valence-electron chi connectivity index (χ4n) is 3.48. The number of amides is 3. The third-order valence-electron chi connectivity index (χ3n) is 4.82. The first-order valence-electron chi connectivity index (χ1n) is 9.64. The summed E-state index contributed by atoms with van der Waals surface area (Å²) in [4.78, 5) is 26.7. The van der Waals surface area contributed by atoms with Crippen molar-refractivity contribution >= 4 is 17.6 Å². The minimum atomic E-state index is -0.395. The molecule has 2 aromatic carbocycles. The van der Waals surface area contributed by atoms with Gasteiger partial charge in [0, 0.05) is 36.3 Å². The van der Waals surface area contributed by atoms with Gasteiger partial charge in [-0.1, -0.05) is 18.2 Å². The molecule has 0 radical (unpaired) electrons. The van der Waals surface area contributed by atoms with E-state index in [-0.39, 0.29) is 23.9 Å². The maximum Gasteiger partial charge on any atom is 0.317 e. The largest absolute Gasteiger partial charge is 0.336 e. The van der Waals surface area contributed by atoms with Gasteiger partial charge in [-0.25, -0.2) is 9.18 Å². The van der Waals surface area contributed by atoms with E-state index in [1.807, 2.05) is 36.9 Å². The Bertz CT molecular complexity index is 853. The summed E-state index contributed by atoms with van der Waals surface area (Å²) in [6.07, 6.45) is 1.90. The number of rotatable bonds is 4. The number of hydrogen-bond acceptors (Lipinski definition) is 2. The van der Waals surface area contributed by atoms with Crippen molar-refractivity contribution in [3.05, 3.63) is 65.5 Å². The Balaban J connectivity index is 1.70. The summed E-state index contributed by atoms with van der Waals surface area (Å²) < 4.78 is 13.3. The van der Waals surface area contributed by atoms with E-state index in [1.165, 1.54) is 12.1 Å². The van der Waals surface area contributed by atoms with Crippen LogP contribution in [-0.4, -0.2) is 36.0 Å². The van der Waals surface area contributed by atoms with E-state index in [2.05, 4.69) is 10.6 Å². The number of hydrogen-bond donors (Lipinski definition) is 2. The number of carbonyl (C=O) groups excluding carboxylic acids is 2. The predicted molar refractivity (Wildman–Crippen MR) is 108 cm³/mol. The van der Waals surface area contributed by atoms with Crippen LogP contribution in [0.5, 0.6) is 0 Å². The fraction of sp³-hybridized carbons (Fsp3) is 0.364. The van der Waals surface area contributed by atoms with Crippen LogP contribution in [0.15, 0.2) is 48.5 Å². The van der Waals surface area contributed by atoms with Crippen LogP contribution in [0.4, 0.5) is 14.9 Å². The van der Waals surface area contributed by atoms with Crippen molar-refractivity contribution in [2.24, 2.45) is 0 Å². The first-order valence-corrected chi connectivity index (χ1v) is 9.64. The van der Waals surface area contributed by atoms with E-state index in [4.69, 9.17) is 0 Å². The molecule has 0 aromatic heterocycles. The highest BCUT2D eigenvalue weighted by Gasteiger charge is 2.25. The molecule has 1 fully saturated rings. The molecule has 0 bridgehead atoms. The van der Waals surface area contributed by atoms with Crippen LogP contribution >= 0.6 is 0 Å². The highest BCUT2D eigenvalue weighted by molar-refractivity contribution is 6.04. The number of likely N-dealkylation sites (tertiary alicyclic amines) is 1. The zero-order chi connectivity index (χ0) is 20.1. The molecule has 0 aliphatic carbocycles. The van der Waals surface area contributed by atoms with Crippen LogP contribution in [0.1, 0.15) is 48.5 Å². The molecule has 1 saturated heterocycles. The first-order chi connectivity index (χ1) is 13.4. The van der Waals surface area contributed by atoms with Gasteiger partial charge in [0.1, 0.15) is 5.82 Å². The van der Waals surface area contributed by atoms with E-state index in [9.17, 15) is 14.0 Å². The second kappa shape index (κ2) is 8.87. The monoisotopic (exact) mass is 383 g/mol. The Morgan fingerprint density at radius 3 is 2.68 bits per heavy atom. The lowest BCUT2D eigenvalue weighted by molar-refractivity contribution is 0.102. The molecule has 1 unspecified atom stereocenters. The average Bonchev–Trinajstić information content (AvgIpc) is 2.68. The molecule has 5 nitrogen and oxygen atoms in total.